The van der Waals surface area contributed by atoms with E-state index in [1.807, 2.05) is 24.3 Å². The van der Waals surface area contributed by atoms with E-state index < -0.39 is 6.03 Å². The van der Waals surface area contributed by atoms with Crippen molar-refractivity contribution in [3.05, 3.63) is 53.1 Å². The average Bonchev–Trinajstić information content (AvgIpc) is 3.23. The molecule has 1 atom stereocenters. The van der Waals surface area contributed by atoms with Gasteiger partial charge >= 0.3 is 6.03 Å². The van der Waals surface area contributed by atoms with Gasteiger partial charge in [-0.1, -0.05) is 36.2 Å². The van der Waals surface area contributed by atoms with Gasteiger partial charge in [-0.05, 0) is 56.5 Å². The fourth-order valence-corrected chi connectivity index (χ4v) is 4.18. The zero-order valence-electron chi connectivity index (χ0n) is 17.3. The number of nitrogens with one attached hydrogen (secondary N) is 3. The summed E-state index contributed by atoms with van der Waals surface area (Å²) >= 11 is 6.17. The van der Waals surface area contributed by atoms with Crippen LogP contribution in [0.4, 0.5) is 10.5 Å². The molecule has 1 unspecified atom stereocenters. The molecular weight excluding hydrogens is 416 g/mol. The van der Waals surface area contributed by atoms with E-state index in [2.05, 4.69) is 16.2 Å². The van der Waals surface area contributed by atoms with Crippen molar-refractivity contribution in [1.29, 1.82) is 0 Å². The van der Waals surface area contributed by atoms with Crippen molar-refractivity contribution in [2.24, 2.45) is 0 Å². The molecule has 0 saturated carbocycles. The molecule has 0 radical (unpaired) electrons. The Morgan fingerprint density at radius 2 is 2.00 bits per heavy atom. The number of carbonyl (C=O) groups is 2. The molecule has 2 aliphatic rings. The third-order valence-electron chi connectivity index (χ3n) is 5.66. The summed E-state index contributed by atoms with van der Waals surface area (Å²) in [5, 5.41) is 3.96. The molecular formula is C23H27ClN4O3. The van der Waals surface area contributed by atoms with Gasteiger partial charge in [-0.2, -0.15) is 0 Å². The van der Waals surface area contributed by atoms with E-state index in [-0.39, 0.29) is 5.91 Å². The highest BCUT2D eigenvalue weighted by atomic mass is 35.5. The van der Waals surface area contributed by atoms with Gasteiger partial charge in [0.2, 0.25) is 5.91 Å². The minimum atomic E-state index is -0.452. The molecule has 2 aromatic rings. The minimum absolute atomic E-state index is 0.203. The van der Waals surface area contributed by atoms with Gasteiger partial charge in [0.25, 0.3) is 0 Å². The second kappa shape index (κ2) is 10.0. The van der Waals surface area contributed by atoms with Crippen molar-refractivity contribution >= 4 is 29.2 Å². The fraction of sp³-hybridized carbons (Fsp3) is 0.391. The normalized spacial score (nSPS) is 17.2. The molecule has 4 rings (SSSR count). The van der Waals surface area contributed by atoms with Crippen LogP contribution in [0.1, 0.15) is 44.1 Å². The molecule has 1 saturated heterocycles. The molecule has 7 nitrogen and oxygen atoms in total. The standard InChI is InChI=1S/C23H27ClN4O3/c24-17-11-12-21-19(14-17)28(15-16-6-1-3-9-20(16)31-21)23(30)27-26-22(29)10-4-2-7-18-8-5-13-25-18/h1,3,6,9,11-12,14,18,25H,2,4-5,7-8,10,13,15H2,(H,26,29)(H,27,30). The average molecular weight is 443 g/mol. The number of hydrogen-bond donors (Lipinski definition) is 3. The summed E-state index contributed by atoms with van der Waals surface area (Å²) in [7, 11) is 0. The highest BCUT2D eigenvalue weighted by Gasteiger charge is 2.26. The largest absolute Gasteiger partial charge is 0.455 e. The number of nitrogens with zero attached hydrogens (tertiary/aromatic N) is 1. The molecule has 3 N–H and O–H groups in total. The molecule has 0 bridgehead atoms. The van der Waals surface area contributed by atoms with Crippen LogP contribution in [0.5, 0.6) is 11.5 Å². The van der Waals surface area contributed by atoms with E-state index in [9.17, 15) is 9.59 Å². The predicted molar refractivity (Wildman–Crippen MR) is 120 cm³/mol. The third kappa shape index (κ3) is 5.48. The number of benzene rings is 2. The number of unbranched alkanes of at least 4 members (excludes halogenated alkanes) is 1. The van der Waals surface area contributed by atoms with Crippen LogP contribution >= 0.6 is 11.6 Å². The van der Waals surface area contributed by atoms with Gasteiger partial charge in [0, 0.05) is 23.0 Å². The van der Waals surface area contributed by atoms with Crippen LogP contribution in [0.15, 0.2) is 42.5 Å². The van der Waals surface area contributed by atoms with E-state index >= 15 is 0 Å². The lowest BCUT2D eigenvalue weighted by molar-refractivity contribution is -0.121. The minimum Gasteiger partial charge on any atom is -0.455 e. The number of carbonyl (C=O) groups excluding carboxylic acids is 2. The lowest BCUT2D eigenvalue weighted by atomic mass is 10.1. The number of amides is 3. The summed E-state index contributed by atoms with van der Waals surface area (Å²) in [5.41, 5.74) is 6.46. The Morgan fingerprint density at radius 1 is 1.13 bits per heavy atom. The van der Waals surface area contributed by atoms with Crippen LogP contribution in [-0.4, -0.2) is 24.5 Å². The second-order valence-electron chi connectivity index (χ2n) is 7.93. The van der Waals surface area contributed by atoms with Crippen LogP contribution in [0.3, 0.4) is 0 Å². The molecule has 31 heavy (non-hydrogen) atoms. The Hall–Kier alpha value is -2.77. The van der Waals surface area contributed by atoms with Crippen LogP contribution < -0.4 is 25.8 Å². The van der Waals surface area contributed by atoms with Crippen LogP contribution in [0.2, 0.25) is 5.02 Å². The highest BCUT2D eigenvalue weighted by Crippen LogP contribution is 2.40. The van der Waals surface area contributed by atoms with Gasteiger partial charge in [-0.15, -0.1) is 0 Å². The van der Waals surface area contributed by atoms with E-state index in [4.69, 9.17) is 16.3 Å². The number of fused-ring (bicyclic) bond motifs is 2. The van der Waals surface area contributed by atoms with Gasteiger partial charge in [0.1, 0.15) is 5.75 Å². The SMILES string of the molecule is O=C(CCCCC1CCCN1)NNC(=O)N1Cc2ccccc2Oc2ccc(Cl)cc21. The topological polar surface area (TPSA) is 82.7 Å². The van der Waals surface area contributed by atoms with Crippen molar-refractivity contribution in [2.75, 3.05) is 11.4 Å². The predicted octanol–water partition coefficient (Wildman–Crippen LogP) is 4.51. The first-order valence-electron chi connectivity index (χ1n) is 10.8. The maximum atomic E-state index is 12.9. The molecule has 164 valence electrons. The molecule has 3 amide bonds. The van der Waals surface area contributed by atoms with Gasteiger partial charge in [0.15, 0.2) is 5.75 Å². The maximum absolute atomic E-state index is 12.9. The number of para-hydroxylation sites is 1. The molecule has 2 aromatic carbocycles. The van der Waals surface area contributed by atoms with E-state index in [0.29, 0.717) is 41.2 Å². The van der Waals surface area contributed by atoms with Crippen LogP contribution in [-0.2, 0) is 11.3 Å². The maximum Gasteiger partial charge on any atom is 0.341 e. The zero-order chi connectivity index (χ0) is 21.6. The summed E-state index contributed by atoms with van der Waals surface area (Å²) in [6, 6.07) is 12.8. The van der Waals surface area contributed by atoms with Gasteiger partial charge in [-0.3, -0.25) is 15.1 Å². The summed E-state index contributed by atoms with van der Waals surface area (Å²) in [6.45, 7) is 1.39. The van der Waals surface area contributed by atoms with Crippen molar-refractivity contribution in [2.45, 2.75) is 51.1 Å². The fourth-order valence-electron chi connectivity index (χ4n) is 4.01. The summed E-state index contributed by atoms with van der Waals surface area (Å²) in [5.74, 6) is 1.00. The Labute approximate surface area is 187 Å². The van der Waals surface area contributed by atoms with Gasteiger partial charge in [0.05, 0.1) is 12.2 Å². The first-order valence-corrected chi connectivity index (χ1v) is 11.1. The number of ether oxygens (including phenoxy) is 1. The number of halogens is 1. The molecule has 8 heteroatoms. The molecule has 0 aromatic heterocycles. The molecule has 0 aliphatic carbocycles. The van der Waals surface area contributed by atoms with E-state index in [1.165, 1.54) is 17.7 Å². The smallest absolute Gasteiger partial charge is 0.341 e. The second-order valence-corrected chi connectivity index (χ2v) is 8.36. The molecule has 1 fully saturated rings. The van der Waals surface area contributed by atoms with Crippen LogP contribution in [0.25, 0.3) is 0 Å². The first kappa shape index (κ1) is 21.5. The summed E-state index contributed by atoms with van der Waals surface area (Å²) in [4.78, 5) is 26.6. The lowest BCUT2D eigenvalue weighted by Gasteiger charge is -2.22. The van der Waals surface area contributed by atoms with Gasteiger partial charge in [-0.25, -0.2) is 10.2 Å². The number of hydrogen-bond acceptors (Lipinski definition) is 4. The van der Waals surface area contributed by atoms with Crippen molar-refractivity contribution in [1.82, 2.24) is 16.2 Å². The summed E-state index contributed by atoms with van der Waals surface area (Å²) < 4.78 is 6.00. The first-order chi connectivity index (χ1) is 15.1. The van der Waals surface area contributed by atoms with Gasteiger partial charge < -0.3 is 10.1 Å². The lowest BCUT2D eigenvalue weighted by Crippen LogP contribution is -2.48. The van der Waals surface area contributed by atoms with Crippen molar-refractivity contribution < 1.29 is 14.3 Å². The third-order valence-corrected chi connectivity index (χ3v) is 5.89. The number of rotatable bonds is 5. The summed E-state index contributed by atoms with van der Waals surface area (Å²) in [6.07, 6.45) is 5.70. The highest BCUT2D eigenvalue weighted by molar-refractivity contribution is 6.31. The van der Waals surface area contributed by atoms with E-state index in [0.717, 1.165) is 31.4 Å². The number of urea groups is 1. The zero-order valence-corrected chi connectivity index (χ0v) is 18.1. The van der Waals surface area contributed by atoms with E-state index in [1.54, 1.807) is 18.2 Å². The Bertz CT molecular complexity index is 946. The Balaban J connectivity index is 1.34. The quantitative estimate of drug-likeness (QED) is 0.470. The molecule has 0 spiro atoms. The Kier molecular flexibility index (Phi) is 6.94. The molecule has 2 heterocycles. The number of anilines is 1. The van der Waals surface area contributed by atoms with Crippen LogP contribution in [0, 0.1) is 0 Å². The van der Waals surface area contributed by atoms with Crippen molar-refractivity contribution in [3.63, 3.8) is 0 Å². The molecule has 2 aliphatic heterocycles. The van der Waals surface area contributed by atoms with Crippen molar-refractivity contribution in [3.8, 4) is 11.5 Å². The number of hydrazine groups is 1. The Morgan fingerprint density at radius 3 is 2.84 bits per heavy atom. The monoisotopic (exact) mass is 442 g/mol.